The van der Waals surface area contributed by atoms with Gasteiger partial charge in [0.15, 0.2) is 0 Å². The molecular formula is C21H25F2N3O2. The second kappa shape index (κ2) is 8.14. The molecule has 28 heavy (non-hydrogen) atoms. The number of alkyl halides is 2. The maximum atomic E-state index is 13.1. The molecule has 1 heterocycles. The van der Waals surface area contributed by atoms with Crippen LogP contribution in [0.4, 0.5) is 20.2 Å². The van der Waals surface area contributed by atoms with E-state index in [0.717, 1.165) is 6.42 Å². The Morgan fingerprint density at radius 3 is 2.54 bits per heavy atom. The third-order valence-electron chi connectivity index (χ3n) is 5.12. The fourth-order valence-electron chi connectivity index (χ4n) is 3.37. The standard InChI is InChI=1S/C21H25F2N3O2/c1-21(2)13-26(12-11-18(21)24)19(27)16-5-3-4-6-17(16)25-14-7-9-15(10-8-14)28-20(22)23/h3-10,18,20,25H,11-13,24H2,1-2H3. The number of hydrogen-bond donors (Lipinski definition) is 2. The summed E-state index contributed by atoms with van der Waals surface area (Å²) < 4.78 is 28.9. The van der Waals surface area contributed by atoms with Crippen molar-refractivity contribution < 1.29 is 18.3 Å². The number of rotatable bonds is 5. The smallest absolute Gasteiger partial charge is 0.387 e. The number of nitrogens with two attached hydrogens (primary N) is 1. The van der Waals surface area contributed by atoms with Crippen molar-refractivity contribution in [1.29, 1.82) is 0 Å². The monoisotopic (exact) mass is 389 g/mol. The van der Waals surface area contributed by atoms with E-state index in [0.29, 0.717) is 30.0 Å². The molecular weight excluding hydrogens is 364 g/mol. The topological polar surface area (TPSA) is 67.6 Å². The Bertz CT molecular complexity index is 825. The van der Waals surface area contributed by atoms with Crippen LogP contribution in [0.3, 0.4) is 0 Å². The molecule has 3 N–H and O–H groups in total. The molecule has 1 aliphatic rings. The third-order valence-corrected chi connectivity index (χ3v) is 5.12. The third kappa shape index (κ3) is 4.59. The number of ether oxygens (including phenoxy) is 1. The van der Waals surface area contributed by atoms with Gasteiger partial charge in [0.1, 0.15) is 5.75 Å². The van der Waals surface area contributed by atoms with Crippen LogP contribution >= 0.6 is 0 Å². The maximum absolute atomic E-state index is 13.1. The molecule has 1 fully saturated rings. The molecule has 0 spiro atoms. The van der Waals surface area contributed by atoms with E-state index in [4.69, 9.17) is 5.73 Å². The Hall–Kier alpha value is -2.67. The van der Waals surface area contributed by atoms with Crippen molar-refractivity contribution in [3.8, 4) is 5.75 Å². The first kappa shape index (κ1) is 20.1. The molecule has 150 valence electrons. The van der Waals surface area contributed by atoms with Crippen LogP contribution in [0.25, 0.3) is 0 Å². The Morgan fingerprint density at radius 2 is 1.89 bits per heavy atom. The predicted molar refractivity (Wildman–Crippen MR) is 105 cm³/mol. The van der Waals surface area contributed by atoms with Gasteiger partial charge in [-0.15, -0.1) is 0 Å². The Morgan fingerprint density at radius 1 is 1.21 bits per heavy atom. The summed E-state index contributed by atoms with van der Waals surface area (Å²) in [7, 11) is 0. The summed E-state index contributed by atoms with van der Waals surface area (Å²) in [4.78, 5) is 15.0. The average molecular weight is 389 g/mol. The Labute approximate surface area is 163 Å². The van der Waals surface area contributed by atoms with Crippen LogP contribution in [0.15, 0.2) is 48.5 Å². The maximum Gasteiger partial charge on any atom is 0.387 e. The summed E-state index contributed by atoms with van der Waals surface area (Å²) in [5, 5.41) is 3.19. The summed E-state index contributed by atoms with van der Waals surface area (Å²) in [5.41, 5.74) is 7.92. The summed E-state index contributed by atoms with van der Waals surface area (Å²) in [6, 6.07) is 13.5. The van der Waals surface area contributed by atoms with E-state index >= 15 is 0 Å². The van der Waals surface area contributed by atoms with Crippen LogP contribution in [0.5, 0.6) is 5.75 Å². The molecule has 0 bridgehead atoms. The molecule has 7 heteroatoms. The first-order valence-corrected chi connectivity index (χ1v) is 9.22. The number of carbonyl (C=O) groups excluding carboxylic acids is 1. The number of nitrogens with one attached hydrogen (secondary N) is 1. The van der Waals surface area contributed by atoms with Crippen LogP contribution in [0.2, 0.25) is 0 Å². The van der Waals surface area contributed by atoms with Crippen molar-refractivity contribution in [2.75, 3.05) is 18.4 Å². The van der Waals surface area contributed by atoms with Gasteiger partial charge in [-0.2, -0.15) is 8.78 Å². The molecule has 2 aromatic rings. The largest absolute Gasteiger partial charge is 0.435 e. The molecule has 0 saturated carbocycles. The fourth-order valence-corrected chi connectivity index (χ4v) is 3.37. The highest BCUT2D eigenvalue weighted by Gasteiger charge is 2.36. The second-order valence-electron chi connectivity index (χ2n) is 7.68. The number of piperidine rings is 1. The molecule has 0 aliphatic carbocycles. The zero-order chi connectivity index (χ0) is 20.3. The highest BCUT2D eigenvalue weighted by Crippen LogP contribution is 2.30. The van der Waals surface area contributed by atoms with Crippen LogP contribution in [0, 0.1) is 5.41 Å². The predicted octanol–water partition coefficient (Wildman–Crippen LogP) is 4.23. The quantitative estimate of drug-likeness (QED) is 0.803. The lowest BCUT2D eigenvalue weighted by Gasteiger charge is -2.42. The van der Waals surface area contributed by atoms with E-state index in [2.05, 4.69) is 23.9 Å². The number of carbonyl (C=O) groups is 1. The zero-order valence-electron chi connectivity index (χ0n) is 16.0. The fraction of sp³-hybridized carbons (Fsp3) is 0.381. The van der Waals surface area contributed by atoms with Crippen LogP contribution in [-0.2, 0) is 0 Å². The summed E-state index contributed by atoms with van der Waals surface area (Å²) in [5.74, 6) is 0.0255. The van der Waals surface area contributed by atoms with E-state index in [1.54, 1.807) is 18.2 Å². The van der Waals surface area contributed by atoms with E-state index < -0.39 is 6.61 Å². The minimum absolute atomic E-state index is 0.0549. The minimum atomic E-state index is -2.86. The summed E-state index contributed by atoms with van der Waals surface area (Å²) in [6.45, 7) is 2.51. The zero-order valence-corrected chi connectivity index (χ0v) is 16.0. The molecule has 1 aliphatic heterocycles. The number of likely N-dealkylation sites (tertiary alicyclic amines) is 1. The minimum Gasteiger partial charge on any atom is -0.435 e. The van der Waals surface area contributed by atoms with Crippen LogP contribution in [-0.4, -0.2) is 36.5 Å². The second-order valence-corrected chi connectivity index (χ2v) is 7.68. The molecule has 0 aromatic heterocycles. The number of halogens is 2. The number of benzene rings is 2. The number of para-hydroxylation sites is 1. The Balaban J connectivity index is 1.77. The van der Waals surface area contributed by atoms with E-state index in [1.807, 2.05) is 23.1 Å². The molecule has 5 nitrogen and oxygen atoms in total. The number of hydrogen-bond acceptors (Lipinski definition) is 4. The lowest BCUT2D eigenvalue weighted by atomic mass is 9.79. The van der Waals surface area contributed by atoms with E-state index in [-0.39, 0.29) is 23.1 Å². The van der Waals surface area contributed by atoms with E-state index in [9.17, 15) is 13.6 Å². The van der Waals surface area contributed by atoms with Gasteiger partial charge in [-0.1, -0.05) is 26.0 Å². The van der Waals surface area contributed by atoms with Crippen molar-refractivity contribution >= 4 is 17.3 Å². The molecule has 1 amide bonds. The van der Waals surface area contributed by atoms with Crippen molar-refractivity contribution in [3.63, 3.8) is 0 Å². The SMILES string of the molecule is CC1(C)CN(C(=O)c2ccccc2Nc2ccc(OC(F)F)cc2)CCC1N. The number of anilines is 2. The van der Waals surface area contributed by atoms with Crippen molar-refractivity contribution in [3.05, 3.63) is 54.1 Å². The molecule has 1 unspecified atom stereocenters. The highest BCUT2D eigenvalue weighted by atomic mass is 19.3. The first-order valence-electron chi connectivity index (χ1n) is 9.22. The van der Waals surface area contributed by atoms with Gasteiger partial charge in [-0.05, 0) is 48.2 Å². The lowest BCUT2D eigenvalue weighted by Crippen LogP contribution is -2.54. The number of nitrogens with zero attached hydrogens (tertiary/aromatic N) is 1. The van der Waals surface area contributed by atoms with E-state index in [1.165, 1.54) is 12.1 Å². The molecule has 1 atom stereocenters. The molecule has 1 saturated heterocycles. The van der Waals surface area contributed by atoms with Crippen molar-refractivity contribution in [1.82, 2.24) is 4.90 Å². The number of amides is 1. The van der Waals surface area contributed by atoms with Gasteiger partial charge in [0, 0.05) is 24.8 Å². The van der Waals surface area contributed by atoms with Gasteiger partial charge < -0.3 is 20.7 Å². The van der Waals surface area contributed by atoms with Crippen molar-refractivity contribution in [2.45, 2.75) is 32.9 Å². The molecule has 3 rings (SSSR count). The lowest BCUT2D eigenvalue weighted by molar-refractivity contribution is -0.0498. The molecule has 2 aromatic carbocycles. The van der Waals surface area contributed by atoms with Gasteiger partial charge in [-0.3, -0.25) is 4.79 Å². The first-order chi connectivity index (χ1) is 13.3. The Kier molecular flexibility index (Phi) is 5.84. The van der Waals surface area contributed by atoms with Crippen molar-refractivity contribution in [2.24, 2.45) is 11.1 Å². The van der Waals surface area contributed by atoms with Crippen LogP contribution < -0.4 is 15.8 Å². The van der Waals surface area contributed by atoms with Crippen LogP contribution in [0.1, 0.15) is 30.6 Å². The van der Waals surface area contributed by atoms with Gasteiger partial charge in [0.25, 0.3) is 5.91 Å². The van der Waals surface area contributed by atoms with Gasteiger partial charge in [-0.25, -0.2) is 0 Å². The normalized spacial score (nSPS) is 18.8. The highest BCUT2D eigenvalue weighted by molar-refractivity contribution is 6.00. The van der Waals surface area contributed by atoms with Gasteiger partial charge in [0.2, 0.25) is 0 Å². The van der Waals surface area contributed by atoms with Gasteiger partial charge >= 0.3 is 6.61 Å². The van der Waals surface area contributed by atoms with Gasteiger partial charge in [0.05, 0.1) is 11.3 Å². The summed E-state index contributed by atoms with van der Waals surface area (Å²) in [6.07, 6.45) is 0.764. The summed E-state index contributed by atoms with van der Waals surface area (Å²) >= 11 is 0. The molecule has 0 radical (unpaired) electrons. The average Bonchev–Trinajstić information content (AvgIpc) is 2.65.